The lowest BCUT2D eigenvalue weighted by Gasteiger charge is -2.29. The van der Waals surface area contributed by atoms with Crippen LogP contribution in [0.4, 0.5) is 0 Å². The normalized spacial score (nSPS) is 17.3. The Bertz CT molecular complexity index is 1110. The van der Waals surface area contributed by atoms with E-state index in [1.165, 1.54) is 11.3 Å². The number of carbonyl (C=O) groups excluding carboxylic acids is 2. The number of amides is 2. The number of aryl methyl sites for hydroxylation is 2. The molecule has 1 aliphatic heterocycles. The molecular formula is C26H31NO4S. The summed E-state index contributed by atoms with van der Waals surface area (Å²) in [6.45, 7) is 3.40. The van der Waals surface area contributed by atoms with Crippen LogP contribution in [0.1, 0.15) is 83.4 Å². The highest BCUT2D eigenvalue weighted by Gasteiger charge is 2.40. The molecule has 0 aromatic heterocycles. The lowest BCUT2D eigenvalue weighted by Crippen LogP contribution is -2.40. The topological polar surface area (TPSA) is 71.5 Å². The van der Waals surface area contributed by atoms with Gasteiger partial charge in [0.15, 0.2) is 9.84 Å². The number of hydrogen-bond donors (Lipinski definition) is 0. The molecule has 1 fully saturated rings. The van der Waals surface area contributed by atoms with E-state index in [1.807, 2.05) is 36.4 Å². The molecule has 0 bridgehead atoms. The molecule has 1 aliphatic carbocycles. The SMILES string of the molecule is CC(C)S(=O)(=O)Cc1ccc(CCc2ccc3c(c2)C(=O)N(C2CCCCC2)C3=O)cc1. The van der Waals surface area contributed by atoms with Gasteiger partial charge >= 0.3 is 0 Å². The number of rotatable bonds is 7. The fourth-order valence-electron chi connectivity index (χ4n) is 4.62. The van der Waals surface area contributed by atoms with Gasteiger partial charge in [0, 0.05) is 6.04 Å². The minimum atomic E-state index is -3.11. The molecule has 1 saturated carbocycles. The van der Waals surface area contributed by atoms with Gasteiger partial charge in [0.2, 0.25) is 0 Å². The molecule has 0 N–H and O–H groups in total. The summed E-state index contributed by atoms with van der Waals surface area (Å²) in [6.07, 6.45) is 6.68. The maximum Gasteiger partial charge on any atom is 0.261 e. The molecule has 2 aromatic rings. The van der Waals surface area contributed by atoms with Gasteiger partial charge < -0.3 is 0 Å². The first-order valence-corrected chi connectivity index (χ1v) is 13.3. The Balaban J connectivity index is 1.41. The van der Waals surface area contributed by atoms with E-state index in [0.717, 1.165) is 55.2 Å². The first-order valence-electron chi connectivity index (χ1n) is 11.6. The Kier molecular flexibility index (Phi) is 6.52. The average Bonchev–Trinajstić information content (AvgIpc) is 3.03. The van der Waals surface area contributed by atoms with Crippen molar-refractivity contribution in [3.05, 3.63) is 70.3 Å². The van der Waals surface area contributed by atoms with Crippen molar-refractivity contribution in [1.82, 2.24) is 4.90 Å². The summed E-state index contributed by atoms with van der Waals surface area (Å²) in [4.78, 5) is 27.3. The van der Waals surface area contributed by atoms with Gasteiger partial charge in [-0.25, -0.2) is 8.42 Å². The van der Waals surface area contributed by atoms with E-state index in [9.17, 15) is 18.0 Å². The van der Waals surface area contributed by atoms with Gasteiger partial charge in [0.1, 0.15) is 0 Å². The highest BCUT2D eigenvalue weighted by atomic mass is 32.2. The predicted molar refractivity (Wildman–Crippen MR) is 125 cm³/mol. The number of benzene rings is 2. The van der Waals surface area contributed by atoms with E-state index in [2.05, 4.69) is 0 Å². The minimum absolute atomic E-state index is 0.0395. The highest BCUT2D eigenvalue weighted by molar-refractivity contribution is 7.91. The molecule has 170 valence electrons. The lowest BCUT2D eigenvalue weighted by molar-refractivity contribution is 0.0549. The number of nitrogens with zero attached hydrogens (tertiary/aromatic N) is 1. The van der Waals surface area contributed by atoms with Gasteiger partial charge in [-0.3, -0.25) is 14.5 Å². The lowest BCUT2D eigenvalue weighted by atomic mass is 9.94. The smallest absolute Gasteiger partial charge is 0.261 e. The molecule has 5 nitrogen and oxygen atoms in total. The quantitative estimate of drug-likeness (QED) is 0.569. The van der Waals surface area contributed by atoms with Crippen LogP contribution in [0.5, 0.6) is 0 Å². The third kappa shape index (κ3) is 4.65. The molecule has 2 aliphatic rings. The molecular weight excluding hydrogens is 422 g/mol. The van der Waals surface area contributed by atoms with Crippen LogP contribution in [0.25, 0.3) is 0 Å². The Morgan fingerprint density at radius 3 is 2.03 bits per heavy atom. The number of imide groups is 1. The van der Waals surface area contributed by atoms with Crippen molar-refractivity contribution in [2.24, 2.45) is 0 Å². The summed E-state index contributed by atoms with van der Waals surface area (Å²) < 4.78 is 24.2. The molecule has 0 saturated heterocycles. The molecule has 32 heavy (non-hydrogen) atoms. The molecule has 1 heterocycles. The molecule has 2 amide bonds. The summed E-state index contributed by atoms with van der Waals surface area (Å²) in [5, 5.41) is -0.384. The zero-order chi connectivity index (χ0) is 22.9. The molecule has 0 unspecified atom stereocenters. The Morgan fingerprint density at radius 2 is 1.38 bits per heavy atom. The van der Waals surface area contributed by atoms with E-state index in [-0.39, 0.29) is 28.9 Å². The van der Waals surface area contributed by atoms with Crippen molar-refractivity contribution in [2.45, 2.75) is 75.8 Å². The van der Waals surface area contributed by atoms with Crippen LogP contribution >= 0.6 is 0 Å². The fourth-order valence-corrected chi connectivity index (χ4v) is 5.61. The first kappa shape index (κ1) is 22.7. The Hall–Kier alpha value is -2.47. The number of carbonyl (C=O) groups is 2. The van der Waals surface area contributed by atoms with Gasteiger partial charge in [-0.15, -0.1) is 0 Å². The van der Waals surface area contributed by atoms with Gasteiger partial charge in [-0.1, -0.05) is 49.6 Å². The molecule has 0 radical (unpaired) electrons. The van der Waals surface area contributed by atoms with Crippen molar-refractivity contribution in [3.8, 4) is 0 Å². The summed E-state index contributed by atoms with van der Waals surface area (Å²) in [6, 6.07) is 13.4. The van der Waals surface area contributed by atoms with E-state index in [0.29, 0.717) is 11.1 Å². The zero-order valence-electron chi connectivity index (χ0n) is 18.8. The van der Waals surface area contributed by atoms with Gasteiger partial charge in [0.25, 0.3) is 11.8 Å². The van der Waals surface area contributed by atoms with Crippen molar-refractivity contribution < 1.29 is 18.0 Å². The maximum absolute atomic E-state index is 13.0. The largest absolute Gasteiger partial charge is 0.271 e. The highest BCUT2D eigenvalue weighted by Crippen LogP contribution is 2.31. The van der Waals surface area contributed by atoms with Crippen molar-refractivity contribution >= 4 is 21.7 Å². The summed E-state index contributed by atoms with van der Waals surface area (Å²) in [5.41, 5.74) is 4.00. The van der Waals surface area contributed by atoms with E-state index in [1.54, 1.807) is 19.9 Å². The maximum atomic E-state index is 13.0. The van der Waals surface area contributed by atoms with Gasteiger partial charge in [-0.05, 0) is 68.4 Å². The molecule has 6 heteroatoms. The van der Waals surface area contributed by atoms with Gasteiger partial charge in [-0.2, -0.15) is 0 Å². The number of fused-ring (bicyclic) bond motifs is 1. The van der Waals surface area contributed by atoms with Crippen molar-refractivity contribution in [3.63, 3.8) is 0 Å². The van der Waals surface area contributed by atoms with E-state index < -0.39 is 9.84 Å². The zero-order valence-corrected chi connectivity index (χ0v) is 19.7. The monoisotopic (exact) mass is 453 g/mol. The summed E-state index contributed by atoms with van der Waals surface area (Å²) >= 11 is 0. The van der Waals surface area contributed by atoms with Crippen LogP contribution in [0.3, 0.4) is 0 Å². The summed E-state index contributed by atoms with van der Waals surface area (Å²) in [7, 11) is -3.11. The standard InChI is InChI=1S/C26H31NO4S/c1-18(2)32(30,31)17-21-12-9-19(10-13-21)8-11-20-14-15-23-24(16-20)26(29)27(25(23)28)22-6-4-3-5-7-22/h9-10,12-16,18,22H,3-8,11,17H2,1-2H3. The third-order valence-electron chi connectivity index (χ3n) is 6.73. The first-order chi connectivity index (χ1) is 15.3. The van der Waals surface area contributed by atoms with E-state index in [4.69, 9.17) is 0 Å². The number of hydrogen-bond acceptors (Lipinski definition) is 4. The van der Waals surface area contributed by atoms with Crippen LogP contribution in [0, 0.1) is 0 Å². The molecule has 4 rings (SSSR count). The number of sulfone groups is 1. The van der Waals surface area contributed by atoms with E-state index >= 15 is 0 Å². The molecule has 2 aromatic carbocycles. The molecule has 0 spiro atoms. The van der Waals surface area contributed by atoms with Crippen LogP contribution in [-0.4, -0.2) is 36.4 Å². The second kappa shape index (κ2) is 9.18. The van der Waals surface area contributed by atoms with Crippen LogP contribution in [-0.2, 0) is 28.4 Å². The summed E-state index contributed by atoms with van der Waals surface area (Å²) in [5.74, 6) is -0.228. The van der Waals surface area contributed by atoms with Gasteiger partial charge in [0.05, 0.1) is 22.1 Å². The molecule has 0 atom stereocenters. The Morgan fingerprint density at radius 1 is 0.812 bits per heavy atom. The van der Waals surface area contributed by atoms with Crippen molar-refractivity contribution in [2.75, 3.05) is 0 Å². The van der Waals surface area contributed by atoms with Crippen LogP contribution in [0.15, 0.2) is 42.5 Å². The second-order valence-electron chi connectivity index (χ2n) is 9.32. The second-order valence-corrected chi connectivity index (χ2v) is 11.9. The third-order valence-corrected chi connectivity index (χ3v) is 8.91. The minimum Gasteiger partial charge on any atom is -0.271 e. The predicted octanol–water partition coefficient (Wildman–Crippen LogP) is 4.72. The fraction of sp³-hybridized carbons (Fsp3) is 0.462. The van der Waals surface area contributed by atoms with Crippen LogP contribution < -0.4 is 0 Å². The average molecular weight is 454 g/mol. The Labute approximate surface area is 190 Å². The van der Waals surface area contributed by atoms with Crippen LogP contribution in [0.2, 0.25) is 0 Å². The van der Waals surface area contributed by atoms with Crippen molar-refractivity contribution in [1.29, 1.82) is 0 Å².